The van der Waals surface area contributed by atoms with E-state index in [-0.39, 0.29) is 24.2 Å². The maximum absolute atomic E-state index is 13.1. The van der Waals surface area contributed by atoms with Crippen LogP contribution in [-0.2, 0) is 17.8 Å². The van der Waals surface area contributed by atoms with Crippen molar-refractivity contribution in [2.45, 2.75) is 38.6 Å². The number of aromatic nitrogens is 2. The predicted molar refractivity (Wildman–Crippen MR) is 138 cm³/mol. The predicted octanol–water partition coefficient (Wildman–Crippen LogP) is 2.60. The number of halogens is 1. The number of hydrogen-bond donors (Lipinski definition) is 0. The Kier molecular flexibility index (Phi) is 8.16. The number of amides is 1. The van der Waals surface area contributed by atoms with Crippen LogP contribution < -0.4 is 26.8 Å². The number of benzene rings is 3. The van der Waals surface area contributed by atoms with Gasteiger partial charge >= 0.3 is 0 Å². The molecule has 1 aliphatic heterocycles. The molecule has 6 nitrogen and oxygen atoms in total. The SMILES string of the molecule is CCc1ccccc1N1CC(c2nc3ccccc3n2CCCOc2ccc(OC)cc2)CC1=O.[Cl-]. The Morgan fingerprint density at radius 2 is 1.69 bits per heavy atom. The van der Waals surface area contributed by atoms with Crippen LogP contribution in [0.15, 0.2) is 72.8 Å². The second kappa shape index (κ2) is 11.5. The first-order chi connectivity index (χ1) is 17.2. The van der Waals surface area contributed by atoms with Crippen LogP contribution in [0.5, 0.6) is 11.5 Å². The van der Waals surface area contributed by atoms with Gasteiger partial charge < -0.3 is 31.3 Å². The van der Waals surface area contributed by atoms with E-state index in [4.69, 9.17) is 14.5 Å². The fourth-order valence-electron chi connectivity index (χ4n) is 4.91. The smallest absolute Gasteiger partial charge is 0.227 e. The number of para-hydroxylation sites is 3. The van der Waals surface area contributed by atoms with Crippen molar-refractivity contribution in [3.8, 4) is 11.5 Å². The minimum atomic E-state index is 0. The van der Waals surface area contributed by atoms with Crippen molar-refractivity contribution in [2.24, 2.45) is 0 Å². The molecule has 3 aromatic carbocycles. The first kappa shape index (κ1) is 25.6. The minimum Gasteiger partial charge on any atom is -1.00 e. The number of aryl methyl sites for hydroxylation is 2. The summed E-state index contributed by atoms with van der Waals surface area (Å²) in [5.74, 6) is 2.85. The second-order valence-electron chi connectivity index (χ2n) is 8.88. The van der Waals surface area contributed by atoms with Crippen LogP contribution in [-0.4, -0.2) is 35.7 Å². The molecule has 1 unspecified atom stereocenters. The first-order valence-corrected chi connectivity index (χ1v) is 12.3. The number of carbonyl (C=O) groups is 1. The molecule has 0 saturated carbocycles. The number of rotatable bonds is 9. The summed E-state index contributed by atoms with van der Waals surface area (Å²) in [5.41, 5.74) is 4.30. The van der Waals surface area contributed by atoms with Crippen LogP contribution in [0.25, 0.3) is 11.0 Å². The summed E-state index contributed by atoms with van der Waals surface area (Å²) in [6.07, 6.45) is 2.21. The number of methoxy groups -OCH3 is 1. The molecule has 1 saturated heterocycles. The van der Waals surface area contributed by atoms with E-state index in [0.717, 1.165) is 53.4 Å². The normalized spacial score (nSPS) is 15.2. The van der Waals surface area contributed by atoms with E-state index in [1.807, 2.05) is 59.5 Å². The molecule has 36 heavy (non-hydrogen) atoms. The third-order valence-corrected chi connectivity index (χ3v) is 6.69. The van der Waals surface area contributed by atoms with Crippen molar-refractivity contribution in [3.05, 3.63) is 84.2 Å². The van der Waals surface area contributed by atoms with E-state index >= 15 is 0 Å². The number of hydrogen-bond acceptors (Lipinski definition) is 4. The standard InChI is InChI=1S/C29H31N3O3.ClH/c1-3-21-9-4-6-11-26(21)32-20-22(19-28(32)33)29-30-25-10-5-7-12-27(25)31(29)17-8-18-35-24-15-13-23(34-2)14-16-24;/h4-7,9-16,22H,3,8,17-20H2,1-2H3;1H/p-1. The lowest BCUT2D eigenvalue weighted by atomic mass is 10.1. The van der Waals surface area contributed by atoms with Crippen molar-refractivity contribution >= 4 is 22.6 Å². The third kappa shape index (κ3) is 5.19. The molecule has 0 N–H and O–H groups in total. The zero-order valence-corrected chi connectivity index (χ0v) is 21.4. The average molecular weight is 505 g/mol. The lowest BCUT2D eigenvalue weighted by molar-refractivity contribution is -0.117. The molecule has 1 atom stereocenters. The van der Waals surface area contributed by atoms with Gasteiger partial charge in [0.05, 0.1) is 24.8 Å². The largest absolute Gasteiger partial charge is 1.00 e. The van der Waals surface area contributed by atoms with Gasteiger partial charge in [-0.3, -0.25) is 4.79 Å². The molecule has 5 rings (SSSR count). The number of carbonyl (C=O) groups excluding carboxylic acids is 1. The molecule has 1 amide bonds. The monoisotopic (exact) mass is 504 g/mol. The summed E-state index contributed by atoms with van der Waals surface area (Å²) in [7, 11) is 1.66. The Labute approximate surface area is 218 Å². The highest BCUT2D eigenvalue weighted by molar-refractivity contribution is 5.97. The fraction of sp³-hybridized carbons (Fsp3) is 0.310. The second-order valence-corrected chi connectivity index (χ2v) is 8.88. The number of nitrogens with zero attached hydrogens (tertiary/aromatic N) is 3. The van der Waals surface area contributed by atoms with E-state index in [1.54, 1.807) is 7.11 Å². The minimum absolute atomic E-state index is 0. The summed E-state index contributed by atoms with van der Waals surface area (Å²) < 4.78 is 13.4. The number of ether oxygens (including phenoxy) is 2. The molecule has 1 aliphatic rings. The highest BCUT2D eigenvalue weighted by atomic mass is 35.5. The number of imidazole rings is 1. The van der Waals surface area contributed by atoms with Gasteiger partial charge in [0.25, 0.3) is 0 Å². The Morgan fingerprint density at radius 1 is 0.972 bits per heavy atom. The zero-order chi connectivity index (χ0) is 24.2. The van der Waals surface area contributed by atoms with Crippen LogP contribution in [0.4, 0.5) is 5.69 Å². The molecule has 0 bridgehead atoms. The van der Waals surface area contributed by atoms with E-state index in [0.29, 0.717) is 19.6 Å². The van der Waals surface area contributed by atoms with Gasteiger partial charge in [-0.05, 0) is 60.9 Å². The Morgan fingerprint density at radius 3 is 2.47 bits per heavy atom. The van der Waals surface area contributed by atoms with Gasteiger partial charge in [-0.25, -0.2) is 4.98 Å². The molecule has 4 aromatic rings. The maximum Gasteiger partial charge on any atom is 0.227 e. The third-order valence-electron chi connectivity index (χ3n) is 6.69. The Hall–Kier alpha value is -3.51. The summed E-state index contributed by atoms with van der Waals surface area (Å²) in [6, 6.07) is 24.1. The number of fused-ring (bicyclic) bond motifs is 1. The maximum atomic E-state index is 13.1. The quantitative estimate of drug-likeness (QED) is 0.329. The molecule has 188 valence electrons. The van der Waals surface area contributed by atoms with E-state index in [9.17, 15) is 4.79 Å². The molecule has 2 heterocycles. The Balaban J connectivity index is 0.00000304. The zero-order valence-electron chi connectivity index (χ0n) is 20.7. The summed E-state index contributed by atoms with van der Waals surface area (Å²) in [4.78, 5) is 20.0. The summed E-state index contributed by atoms with van der Waals surface area (Å²) >= 11 is 0. The van der Waals surface area contributed by atoms with Crippen molar-refractivity contribution in [1.29, 1.82) is 0 Å². The molecule has 1 aromatic heterocycles. The van der Waals surface area contributed by atoms with E-state index in [2.05, 4.69) is 29.7 Å². The molecule has 0 aliphatic carbocycles. The Bertz CT molecular complexity index is 1320. The van der Waals surface area contributed by atoms with E-state index < -0.39 is 0 Å². The van der Waals surface area contributed by atoms with Crippen LogP contribution in [0.1, 0.15) is 37.1 Å². The van der Waals surface area contributed by atoms with Gasteiger partial charge in [0.2, 0.25) is 5.91 Å². The topological polar surface area (TPSA) is 56.6 Å². The van der Waals surface area contributed by atoms with Crippen molar-refractivity contribution in [2.75, 3.05) is 25.2 Å². The lowest BCUT2D eigenvalue weighted by Crippen LogP contribution is -3.00. The van der Waals surface area contributed by atoms with Crippen molar-refractivity contribution < 1.29 is 26.7 Å². The van der Waals surface area contributed by atoms with Crippen molar-refractivity contribution in [3.63, 3.8) is 0 Å². The van der Waals surface area contributed by atoms with Gasteiger partial charge in [0.15, 0.2) is 0 Å². The molecule has 1 fully saturated rings. The highest BCUT2D eigenvalue weighted by Gasteiger charge is 2.35. The van der Waals surface area contributed by atoms with Crippen LogP contribution in [0.2, 0.25) is 0 Å². The number of anilines is 1. The molecule has 7 heteroatoms. The fourth-order valence-corrected chi connectivity index (χ4v) is 4.91. The van der Waals surface area contributed by atoms with Gasteiger partial charge in [0, 0.05) is 31.1 Å². The average Bonchev–Trinajstić information content (AvgIpc) is 3.47. The molecular formula is C29H31ClN3O3-. The molecule has 0 radical (unpaired) electrons. The highest BCUT2D eigenvalue weighted by Crippen LogP contribution is 2.35. The summed E-state index contributed by atoms with van der Waals surface area (Å²) in [6.45, 7) is 4.16. The van der Waals surface area contributed by atoms with Gasteiger partial charge in [-0.1, -0.05) is 37.3 Å². The van der Waals surface area contributed by atoms with Crippen LogP contribution in [0, 0.1) is 0 Å². The van der Waals surface area contributed by atoms with Gasteiger partial charge in [-0.15, -0.1) is 0 Å². The molecular weight excluding hydrogens is 474 g/mol. The molecule has 0 spiro atoms. The first-order valence-electron chi connectivity index (χ1n) is 12.3. The summed E-state index contributed by atoms with van der Waals surface area (Å²) in [5, 5.41) is 0. The van der Waals surface area contributed by atoms with Gasteiger partial charge in [0.1, 0.15) is 17.3 Å². The van der Waals surface area contributed by atoms with Gasteiger partial charge in [-0.2, -0.15) is 0 Å². The van der Waals surface area contributed by atoms with E-state index in [1.165, 1.54) is 5.56 Å². The van der Waals surface area contributed by atoms with Crippen molar-refractivity contribution in [1.82, 2.24) is 9.55 Å². The van der Waals surface area contributed by atoms with Crippen LogP contribution in [0.3, 0.4) is 0 Å². The lowest BCUT2D eigenvalue weighted by Gasteiger charge is -2.20. The van der Waals surface area contributed by atoms with Crippen LogP contribution >= 0.6 is 0 Å².